The lowest BCUT2D eigenvalue weighted by Gasteiger charge is -2.26. The number of carbonyl (C=O) groups excluding carboxylic acids is 1. The predicted octanol–water partition coefficient (Wildman–Crippen LogP) is 2.94. The summed E-state index contributed by atoms with van der Waals surface area (Å²) in [7, 11) is 0. The van der Waals surface area contributed by atoms with Gasteiger partial charge in [-0.3, -0.25) is 5.32 Å². The number of hydrogen-bond donors (Lipinski definition) is 2. The first-order valence-electron chi connectivity index (χ1n) is 11.7. The Bertz CT molecular complexity index is 1010. The van der Waals surface area contributed by atoms with Crippen LogP contribution >= 0.6 is 0 Å². The first kappa shape index (κ1) is 20.7. The van der Waals surface area contributed by atoms with E-state index >= 15 is 0 Å². The Morgan fingerprint density at radius 3 is 2.38 bits per heavy atom. The van der Waals surface area contributed by atoms with Crippen LogP contribution in [0.5, 0.6) is 0 Å². The molecule has 170 valence electrons. The van der Waals surface area contributed by atoms with Crippen molar-refractivity contribution in [1.82, 2.24) is 19.4 Å². The number of carbonyl (C=O) groups is 2. The molecule has 0 bridgehead atoms. The Balaban J connectivity index is 1.44. The van der Waals surface area contributed by atoms with Gasteiger partial charge >= 0.3 is 18.1 Å². The highest BCUT2D eigenvalue weighted by atomic mass is 16.4. The lowest BCUT2D eigenvalue weighted by atomic mass is 9.95. The van der Waals surface area contributed by atoms with Gasteiger partial charge < -0.3 is 5.11 Å². The summed E-state index contributed by atoms with van der Waals surface area (Å²) >= 11 is 0. The summed E-state index contributed by atoms with van der Waals surface area (Å²) in [5.74, 6) is 0.324. The highest BCUT2D eigenvalue weighted by Gasteiger charge is 2.41. The minimum atomic E-state index is -1.34. The molecule has 2 aromatic heterocycles. The molecule has 1 atom stereocenters. The molecule has 2 saturated carbocycles. The summed E-state index contributed by atoms with van der Waals surface area (Å²) in [6.07, 6.45) is 21.0. The highest BCUT2D eigenvalue weighted by molar-refractivity contribution is 6.03. The van der Waals surface area contributed by atoms with E-state index in [4.69, 9.17) is 0 Å². The van der Waals surface area contributed by atoms with Crippen molar-refractivity contribution in [1.29, 1.82) is 0 Å². The molecule has 1 unspecified atom stereocenters. The molecule has 0 radical (unpaired) electrons. The van der Waals surface area contributed by atoms with E-state index < -0.39 is 18.4 Å². The van der Waals surface area contributed by atoms with Gasteiger partial charge in [0.1, 0.15) is 36.9 Å². The van der Waals surface area contributed by atoms with Crippen molar-refractivity contribution >= 4 is 18.1 Å². The number of urea groups is 1. The fraction of sp³-hybridized carbons (Fsp3) is 0.591. The van der Waals surface area contributed by atoms with Gasteiger partial charge in [0, 0.05) is 0 Å². The standard InChI is InChI=1S/C22H29N7O3/c30-21-24-19(27-13-11-25(15-27)17-7-3-1-4-8-17)23-20(29(21)22(31)32)28-14-12-26(16-28)18-9-5-2-6-10-18/h11-18,20H,1-10H2/p+2. The van der Waals surface area contributed by atoms with Crippen molar-refractivity contribution in [2.24, 2.45) is 4.99 Å². The number of hydrogen-bond acceptors (Lipinski definition) is 3. The minimum Gasteiger partial charge on any atom is -0.464 e. The number of rotatable bonds is 3. The maximum atomic E-state index is 12.7. The summed E-state index contributed by atoms with van der Waals surface area (Å²) in [4.78, 5) is 30.0. The van der Waals surface area contributed by atoms with Crippen LogP contribution in [0.3, 0.4) is 0 Å². The largest absolute Gasteiger partial charge is 0.464 e. The van der Waals surface area contributed by atoms with Gasteiger partial charge in [-0.1, -0.05) is 12.8 Å². The molecule has 1 aliphatic heterocycles. The topological polar surface area (TPSA) is 99.6 Å². The third-order valence-corrected chi connectivity index (χ3v) is 6.95. The van der Waals surface area contributed by atoms with Crippen molar-refractivity contribution in [2.75, 3.05) is 0 Å². The van der Waals surface area contributed by atoms with Crippen LogP contribution < -0.4 is 14.5 Å². The molecule has 2 aromatic rings. The Kier molecular flexibility index (Phi) is 5.67. The second-order valence-electron chi connectivity index (χ2n) is 9.04. The number of imide groups is 1. The van der Waals surface area contributed by atoms with E-state index in [0.717, 1.165) is 30.6 Å². The average Bonchev–Trinajstić information content (AvgIpc) is 3.50. The van der Waals surface area contributed by atoms with E-state index in [-0.39, 0.29) is 0 Å². The van der Waals surface area contributed by atoms with E-state index in [2.05, 4.69) is 19.4 Å². The summed E-state index contributed by atoms with van der Waals surface area (Å²) in [6.45, 7) is 0. The third-order valence-electron chi connectivity index (χ3n) is 6.95. The van der Waals surface area contributed by atoms with Crippen LogP contribution in [0, 0.1) is 0 Å². The van der Waals surface area contributed by atoms with E-state index in [1.807, 2.05) is 31.2 Å². The van der Waals surface area contributed by atoms with E-state index in [9.17, 15) is 14.7 Å². The summed E-state index contributed by atoms with van der Waals surface area (Å²) in [5, 5.41) is 12.3. The van der Waals surface area contributed by atoms with E-state index in [1.54, 1.807) is 15.3 Å². The number of carboxylic acid groups (broad SMARTS) is 1. The van der Waals surface area contributed by atoms with E-state index in [0.29, 0.717) is 18.0 Å². The number of aromatic nitrogens is 4. The summed E-state index contributed by atoms with van der Waals surface area (Å²) < 4.78 is 7.74. The SMILES string of the molecule is O=C(O)N1C(=O)NC(n2cc[n+](C3CCCCC3)c2)=NC1[n+]1ccn(C2CCCCC2)c1. The zero-order valence-corrected chi connectivity index (χ0v) is 18.2. The molecule has 5 rings (SSSR count). The minimum absolute atomic E-state index is 0.324. The van der Waals surface area contributed by atoms with Gasteiger partial charge in [0.2, 0.25) is 6.33 Å². The Morgan fingerprint density at radius 2 is 1.66 bits per heavy atom. The molecule has 3 heterocycles. The van der Waals surface area contributed by atoms with Crippen molar-refractivity contribution in [3.63, 3.8) is 0 Å². The molecule has 0 saturated heterocycles. The van der Waals surface area contributed by atoms with Gasteiger partial charge in [-0.05, 0) is 51.4 Å². The van der Waals surface area contributed by atoms with Crippen LogP contribution in [0.25, 0.3) is 0 Å². The van der Waals surface area contributed by atoms with Crippen molar-refractivity contribution in [3.8, 4) is 0 Å². The van der Waals surface area contributed by atoms with Crippen molar-refractivity contribution in [2.45, 2.75) is 82.6 Å². The fourth-order valence-corrected chi connectivity index (χ4v) is 5.18. The molecular formula is C22H31N7O3+2. The fourth-order valence-electron chi connectivity index (χ4n) is 5.18. The lowest BCUT2D eigenvalue weighted by molar-refractivity contribution is -0.736. The summed E-state index contributed by atoms with van der Waals surface area (Å²) in [6, 6.07) is 0.154. The number of imidazole rings is 2. The molecule has 3 aliphatic rings. The van der Waals surface area contributed by atoms with Gasteiger partial charge in [0.15, 0.2) is 0 Å². The molecular weight excluding hydrogens is 410 g/mol. The first-order valence-corrected chi connectivity index (χ1v) is 11.7. The Morgan fingerprint density at radius 1 is 0.969 bits per heavy atom. The van der Waals surface area contributed by atoms with Gasteiger partial charge in [-0.15, -0.1) is 0 Å². The number of aliphatic imine (C=N–C) groups is 1. The Hall–Kier alpha value is -3.17. The summed E-state index contributed by atoms with van der Waals surface area (Å²) in [5.41, 5.74) is 0. The molecule has 0 spiro atoms. The van der Waals surface area contributed by atoms with Crippen LogP contribution in [0.4, 0.5) is 9.59 Å². The maximum Gasteiger partial charge on any atom is 0.420 e. The van der Waals surface area contributed by atoms with E-state index in [1.165, 1.54) is 38.5 Å². The van der Waals surface area contributed by atoms with Gasteiger partial charge in [0.05, 0.1) is 0 Å². The molecule has 10 nitrogen and oxygen atoms in total. The quantitative estimate of drug-likeness (QED) is 0.717. The van der Waals surface area contributed by atoms with Gasteiger partial charge in [0.25, 0.3) is 12.6 Å². The predicted molar refractivity (Wildman–Crippen MR) is 114 cm³/mol. The van der Waals surface area contributed by atoms with Crippen LogP contribution in [0.2, 0.25) is 0 Å². The average molecular weight is 442 g/mol. The van der Waals surface area contributed by atoms with Crippen LogP contribution in [0.15, 0.2) is 42.4 Å². The molecule has 2 fully saturated rings. The molecule has 2 N–H and O–H groups in total. The second-order valence-corrected chi connectivity index (χ2v) is 9.04. The zero-order chi connectivity index (χ0) is 22.1. The third kappa shape index (κ3) is 4.01. The number of nitrogens with one attached hydrogen (secondary N) is 1. The highest BCUT2D eigenvalue weighted by Crippen LogP contribution is 2.28. The molecule has 10 heteroatoms. The zero-order valence-electron chi connectivity index (χ0n) is 18.2. The maximum absolute atomic E-state index is 12.7. The molecule has 0 aromatic carbocycles. The smallest absolute Gasteiger partial charge is 0.420 e. The monoisotopic (exact) mass is 441 g/mol. The number of nitrogens with zero attached hydrogens (tertiary/aromatic N) is 6. The Labute approximate surface area is 186 Å². The van der Waals surface area contributed by atoms with Crippen molar-refractivity contribution in [3.05, 3.63) is 37.4 Å². The van der Waals surface area contributed by atoms with Crippen LogP contribution in [0.1, 0.15) is 82.6 Å². The van der Waals surface area contributed by atoms with Crippen LogP contribution in [-0.2, 0) is 0 Å². The molecule has 32 heavy (non-hydrogen) atoms. The normalized spacial score (nSPS) is 23.1. The van der Waals surface area contributed by atoms with Gasteiger partial charge in [-0.2, -0.15) is 19.0 Å². The lowest BCUT2D eigenvalue weighted by Crippen LogP contribution is -2.60. The second kappa shape index (κ2) is 8.76. The first-order chi connectivity index (χ1) is 15.6. The number of amides is 3. The molecule has 3 amide bonds. The van der Waals surface area contributed by atoms with Crippen LogP contribution in [-0.4, -0.2) is 37.2 Å². The van der Waals surface area contributed by atoms with Gasteiger partial charge in [-0.25, -0.2) is 18.7 Å². The molecule has 2 aliphatic carbocycles. The van der Waals surface area contributed by atoms with Crippen molar-refractivity contribution < 1.29 is 23.8 Å².